The quantitative estimate of drug-likeness (QED) is 0.493. The highest BCUT2D eigenvalue weighted by Gasteiger charge is 2.41. The van der Waals surface area contributed by atoms with Gasteiger partial charge in [-0.15, -0.1) is 0 Å². The number of H-pyrrole nitrogens is 1. The molecule has 156 valence electrons. The van der Waals surface area contributed by atoms with Gasteiger partial charge in [-0.05, 0) is 43.3 Å². The van der Waals surface area contributed by atoms with Gasteiger partial charge in [-0.1, -0.05) is 18.2 Å². The Labute approximate surface area is 168 Å². The summed E-state index contributed by atoms with van der Waals surface area (Å²) in [5, 5.41) is 5.85. The number of para-hydroxylation sites is 1. The summed E-state index contributed by atoms with van der Waals surface area (Å²) in [5.74, 6) is -0.383. The van der Waals surface area contributed by atoms with Gasteiger partial charge in [-0.25, -0.2) is 10.1 Å². The number of amides is 1. The van der Waals surface area contributed by atoms with Crippen LogP contribution in [0.25, 0.3) is 5.69 Å². The summed E-state index contributed by atoms with van der Waals surface area (Å²) in [7, 11) is 1.44. The summed E-state index contributed by atoms with van der Waals surface area (Å²) in [6, 6.07) is 13.9. The Morgan fingerprint density at radius 1 is 1.10 bits per heavy atom. The van der Waals surface area contributed by atoms with Crippen LogP contribution in [0, 0.1) is 6.92 Å². The van der Waals surface area contributed by atoms with E-state index in [0.29, 0.717) is 11.4 Å². The van der Waals surface area contributed by atoms with Crippen LogP contribution in [0.15, 0.2) is 64.5 Å². The van der Waals surface area contributed by atoms with Crippen molar-refractivity contribution in [3.05, 3.63) is 81.8 Å². The van der Waals surface area contributed by atoms with Gasteiger partial charge in [0.05, 0.1) is 18.4 Å². The minimum Gasteiger partial charge on any atom is -0.497 e. The number of aryl methyl sites for hydroxylation is 1. The van der Waals surface area contributed by atoms with Gasteiger partial charge >= 0.3 is 6.18 Å². The summed E-state index contributed by atoms with van der Waals surface area (Å²) in [4.78, 5) is 24.9. The summed E-state index contributed by atoms with van der Waals surface area (Å²) in [5.41, 5.74) is -0.851. The maximum atomic E-state index is 13.7. The number of nitrogens with one attached hydrogen (secondary N) is 2. The van der Waals surface area contributed by atoms with Crippen LogP contribution in [-0.2, 0) is 0 Å². The molecule has 7 nitrogen and oxygen atoms in total. The zero-order chi connectivity index (χ0) is 21.9. The van der Waals surface area contributed by atoms with E-state index in [1.54, 1.807) is 30.3 Å². The van der Waals surface area contributed by atoms with E-state index in [0.717, 1.165) is 4.68 Å². The largest absolute Gasteiger partial charge is 0.497 e. The average Bonchev–Trinajstić information content (AvgIpc) is 3.02. The molecule has 0 radical (unpaired) electrons. The lowest BCUT2D eigenvalue weighted by atomic mass is 10.1. The maximum absolute atomic E-state index is 13.7. The van der Waals surface area contributed by atoms with Gasteiger partial charge in [0.15, 0.2) is 5.71 Å². The molecule has 3 rings (SSSR count). The van der Waals surface area contributed by atoms with E-state index < -0.39 is 28.9 Å². The lowest BCUT2D eigenvalue weighted by molar-refractivity contribution is -0.0584. The molecule has 0 saturated carbocycles. The minimum absolute atomic E-state index is 0.0429. The number of rotatable bonds is 5. The summed E-state index contributed by atoms with van der Waals surface area (Å²) >= 11 is 0. The number of benzene rings is 2. The fourth-order valence-corrected chi connectivity index (χ4v) is 2.76. The molecule has 0 spiro atoms. The molecule has 1 heterocycles. The van der Waals surface area contributed by atoms with Crippen molar-refractivity contribution in [1.29, 1.82) is 0 Å². The number of halogens is 3. The van der Waals surface area contributed by atoms with Crippen LogP contribution in [0.2, 0.25) is 0 Å². The fraction of sp³-hybridized carbons (Fsp3) is 0.150. The Balaban J connectivity index is 1.98. The molecule has 30 heavy (non-hydrogen) atoms. The van der Waals surface area contributed by atoms with Crippen LogP contribution in [0.4, 0.5) is 13.2 Å². The molecule has 2 aromatic carbocycles. The molecule has 0 aliphatic rings. The summed E-state index contributed by atoms with van der Waals surface area (Å²) in [6.45, 7) is 1.32. The number of carbonyl (C=O) groups is 1. The SMILES string of the molecule is COc1ccc(C(=O)NN=C(c2c(C)[nH]n(-c3ccccc3)c2=O)C(F)(F)F)cc1. The van der Waals surface area contributed by atoms with Crippen molar-refractivity contribution in [2.45, 2.75) is 13.1 Å². The van der Waals surface area contributed by atoms with Gasteiger partial charge in [0, 0.05) is 11.3 Å². The molecule has 0 fully saturated rings. The first-order valence-electron chi connectivity index (χ1n) is 8.69. The van der Waals surface area contributed by atoms with Crippen molar-refractivity contribution in [3.63, 3.8) is 0 Å². The zero-order valence-corrected chi connectivity index (χ0v) is 15.9. The average molecular weight is 418 g/mol. The second-order valence-electron chi connectivity index (χ2n) is 6.22. The van der Waals surface area contributed by atoms with Crippen LogP contribution in [0.1, 0.15) is 21.6 Å². The van der Waals surface area contributed by atoms with Crippen molar-refractivity contribution in [2.24, 2.45) is 5.10 Å². The van der Waals surface area contributed by atoms with E-state index in [1.165, 1.54) is 38.3 Å². The second-order valence-corrected chi connectivity index (χ2v) is 6.22. The van der Waals surface area contributed by atoms with Crippen molar-refractivity contribution < 1.29 is 22.7 Å². The van der Waals surface area contributed by atoms with Gasteiger partial charge in [-0.2, -0.15) is 18.3 Å². The van der Waals surface area contributed by atoms with Crippen molar-refractivity contribution >= 4 is 11.6 Å². The highest BCUT2D eigenvalue weighted by Crippen LogP contribution is 2.23. The molecule has 3 aromatic rings. The van der Waals surface area contributed by atoms with E-state index in [4.69, 9.17) is 4.74 Å². The fourth-order valence-electron chi connectivity index (χ4n) is 2.76. The first-order chi connectivity index (χ1) is 14.2. The minimum atomic E-state index is -4.98. The number of ether oxygens (including phenoxy) is 1. The highest BCUT2D eigenvalue weighted by atomic mass is 19.4. The van der Waals surface area contributed by atoms with Gasteiger partial charge < -0.3 is 4.74 Å². The molecule has 0 aliphatic heterocycles. The van der Waals surface area contributed by atoms with Gasteiger partial charge in [-0.3, -0.25) is 14.7 Å². The van der Waals surface area contributed by atoms with Crippen LogP contribution in [0.3, 0.4) is 0 Å². The van der Waals surface area contributed by atoms with E-state index in [1.807, 2.05) is 5.43 Å². The van der Waals surface area contributed by atoms with Gasteiger partial charge in [0.25, 0.3) is 11.5 Å². The molecule has 1 amide bonds. The Hall–Kier alpha value is -3.82. The lowest BCUT2D eigenvalue weighted by Gasteiger charge is -2.09. The lowest BCUT2D eigenvalue weighted by Crippen LogP contribution is -2.33. The van der Waals surface area contributed by atoms with Gasteiger partial charge in [0.2, 0.25) is 0 Å². The van der Waals surface area contributed by atoms with Crippen LogP contribution >= 0.6 is 0 Å². The molecule has 0 bridgehead atoms. The van der Waals surface area contributed by atoms with Crippen molar-refractivity contribution in [1.82, 2.24) is 15.2 Å². The molecule has 2 N–H and O–H groups in total. The molecule has 0 atom stereocenters. The number of aromatic nitrogens is 2. The molecule has 0 saturated heterocycles. The third-order valence-corrected chi connectivity index (χ3v) is 4.21. The smallest absolute Gasteiger partial charge is 0.435 e. The monoisotopic (exact) mass is 418 g/mol. The first-order valence-corrected chi connectivity index (χ1v) is 8.69. The third-order valence-electron chi connectivity index (χ3n) is 4.21. The van der Waals surface area contributed by atoms with Crippen molar-refractivity contribution in [3.8, 4) is 11.4 Å². The predicted molar refractivity (Wildman–Crippen MR) is 104 cm³/mol. The topological polar surface area (TPSA) is 88.5 Å². The molecular weight excluding hydrogens is 401 g/mol. The number of alkyl halides is 3. The molecule has 0 unspecified atom stereocenters. The third kappa shape index (κ3) is 4.27. The number of methoxy groups -OCH3 is 1. The molecule has 1 aromatic heterocycles. The number of nitrogens with zero attached hydrogens (tertiary/aromatic N) is 2. The van der Waals surface area contributed by atoms with E-state index >= 15 is 0 Å². The molecule has 10 heteroatoms. The Morgan fingerprint density at radius 3 is 2.30 bits per heavy atom. The highest BCUT2D eigenvalue weighted by molar-refractivity contribution is 6.06. The van der Waals surface area contributed by atoms with Gasteiger partial charge in [0.1, 0.15) is 5.75 Å². The Morgan fingerprint density at radius 2 is 1.73 bits per heavy atom. The van der Waals surface area contributed by atoms with Crippen LogP contribution in [0.5, 0.6) is 5.75 Å². The van der Waals surface area contributed by atoms with Crippen LogP contribution < -0.4 is 15.7 Å². The zero-order valence-electron chi connectivity index (χ0n) is 15.9. The number of hydrazone groups is 1. The van der Waals surface area contributed by atoms with E-state index in [9.17, 15) is 22.8 Å². The van der Waals surface area contributed by atoms with E-state index in [2.05, 4.69) is 10.2 Å². The predicted octanol–water partition coefficient (Wildman–Crippen LogP) is 3.18. The number of hydrogen-bond donors (Lipinski definition) is 2. The number of carbonyl (C=O) groups excluding carboxylic acids is 1. The molecule has 0 aliphatic carbocycles. The summed E-state index contributed by atoms with van der Waals surface area (Å²) < 4.78 is 47.0. The van der Waals surface area contributed by atoms with Crippen LogP contribution in [-0.4, -0.2) is 34.7 Å². The number of hydrogen-bond acceptors (Lipinski definition) is 4. The maximum Gasteiger partial charge on any atom is 0.435 e. The second kappa shape index (κ2) is 8.27. The van der Waals surface area contributed by atoms with E-state index in [-0.39, 0.29) is 11.3 Å². The molecular formula is C20H17F3N4O3. The van der Waals surface area contributed by atoms with Crippen molar-refractivity contribution in [2.75, 3.05) is 7.11 Å². The number of aromatic amines is 1. The Kier molecular flexibility index (Phi) is 5.77. The standard InChI is InChI=1S/C20H17F3N4O3/c1-12-16(19(29)27(26-12)14-6-4-3-5-7-14)17(20(21,22)23)24-25-18(28)13-8-10-15(30-2)11-9-13/h3-11,26H,1-2H3,(H,25,28). The first kappa shape index (κ1) is 20.9. The normalized spacial score (nSPS) is 12.0. The summed E-state index contributed by atoms with van der Waals surface area (Å²) in [6.07, 6.45) is -4.98. The Bertz CT molecular complexity index is 1130.